The average molecular weight is 635 g/mol. The molecule has 0 spiro atoms. The fraction of sp³-hybridized carbons (Fsp3) is 0.821. The summed E-state index contributed by atoms with van der Waals surface area (Å²) in [7, 11) is 0. The molecule has 6 nitrogen and oxygen atoms in total. The number of hydrogen-bond acceptors (Lipinski definition) is 6. The molecule has 0 bridgehead atoms. The highest BCUT2D eigenvalue weighted by atomic mass is 16.6. The molecule has 1 atom stereocenters. The van der Waals surface area contributed by atoms with Gasteiger partial charge < -0.3 is 14.2 Å². The van der Waals surface area contributed by atoms with Crippen molar-refractivity contribution in [1.82, 2.24) is 0 Å². The van der Waals surface area contributed by atoms with Gasteiger partial charge in [-0.3, -0.25) is 14.4 Å². The lowest BCUT2D eigenvalue weighted by Gasteiger charge is -2.17. The quantitative estimate of drug-likeness (QED) is 0.0309. The summed E-state index contributed by atoms with van der Waals surface area (Å²) in [6.07, 6.45) is 37.7. The first-order chi connectivity index (χ1) is 22.0. The molecule has 0 amide bonds. The summed E-state index contributed by atoms with van der Waals surface area (Å²) in [6.45, 7) is 5.60. The monoisotopic (exact) mass is 635 g/mol. The van der Waals surface area contributed by atoms with Crippen LogP contribution in [0.15, 0.2) is 24.3 Å². The molecule has 0 radical (unpaired) electrons. The second-order valence-electron chi connectivity index (χ2n) is 12.6. The van der Waals surface area contributed by atoms with Crippen molar-refractivity contribution in [2.75, 3.05) is 13.2 Å². The van der Waals surface area contributed by atoms with Crippen LogP contribution in [0.4, 0.5) is 0 Å². The Morgan fingerprint density at radius 3 is 1.27 bits per heavy atom. The SMILES string of the molecule is CCCCC/C=C\C/C=C\CCCCCCCC(=O)OCC(COC(=O)CCCCCCCCCCCCCCC)OC(C)=O. The van der Waals surface area contributed by atoms with E-state index in [-0.39, 0.29) is 25.2 Å². The van der Waals surface area contributed by atoms with Gasteiger partial charge in [0.15, 0.2) is 6.10 Å². The molecule has 0 saturated heterocycles. The van der Waals surface area contributed by atoms with Crippen LogP contribution in [0.3, 0.4) is 0 Å². The molecule has 1 unspecified atom stereocenters. The fourth-order valence-corrected chi connectivity index (χ4v) is 5.23. The minimum absolute atomic E-state index is 0.0895. The predicted molar refractivity (Wildman–Crippen MR) is 187 cm³/mol. The first-order valence-electron chi connectivity index (χ1n) is 18.8. The standard InChI is InChI=1S/C39H70O6/c1-4-6-8-10-12-14-16-18-19-21-23-25-27-29-31-33-39(42)44-35-37(45-36(3)40)34-43-38(41)32-30-28-26-24-22-20-17-15-13-11-9-7-5-2/h12,14,18-19,37H,4-11,13,15-17,20-35H2,1-3H3/b14-12-,19-18-. The summed E-state index contributed by atoms with van der Waals surface area (Å²) in [5.74, 6) is -1.10. The van der Waals surface area contributed by atoms with Gasteiger partial charge in [0, 0.05) is 19.8 Å². The highest BCUT2D eigenvalue weighted by Gasteiger charge is 2.17. The number of allylic oxidation sites excluding steroid dienone is 4. The highest BCUT2D eigenvalue weighted by Crippen LogP contribution is 2.14. The lowest BCUT2D eigenvalue weighted by Crippen LogP contribution is -2.30. The normalized spacial score (nSPS) is 12.2. The number of esters is 3. The van der Waals surface area contributed by atoms with E-state index >= 15 is 0 Å². The fourth-order valence-electron chi connectivity index (χ4n) is 5.23. The molecule has 0 aromatic carbocycles. The lowest BCUT2D eigenvalue weighted by molar-refractivity contribution is -0.165. The van der Waals surface area contributed by atoms with E-state index in [1.807, 2.05) is 0 Å². The second-order valence-corrected chi connectivity index (χ2v) is 12.6. The summed E-state index contributed by atoms with van der Waals surface area (Å²) in [4.78, 5) is 35.8. The Kier molecular flexibility index (Phi) is 33.1. The van der Waals surface area contributed by atoms with Gasteiger partial charge in [-0.25, -0.2) is 0 Å². The number of carbonyl (C=O) groups is 3. The maximum Gasteiger partial charge on any atom is 0.305 e. The molecule has 0 aromatic heterocycles. The predicted octanol–water partition coefficient (Wildman–Crippen LogP) is 11.3. The average Bonchev–Trinajstić information content (AvgIpc) is 3.02. The molecule has 6 heteroatoms. The third-order valence-corrected chi connectivity index (χ3v) is 8.01. The summed E-state index contributed by atoms with van der Waals surface area (Å²) >= 11 is 0. The van der Waals surface area contributed by atoms with Crippen molar-refractivity contribution in [3.63, 3.8) is 0 Å². The minimum atomic E-state index is -0.772. The Morgan fingerprint density at radius 2 is 0.844 bits per heavy atom. The number of carbonyl (C=O) groups excluding carboxylic acids is 3. The second kappa shape index (κ2) is 34.8. The van der Waals surface area contributed by atoms with E-state index < -0.39 is 12.1 Å². The van der Waals surface area contributed by atoms with Gasteiger partial charge in [0.1, 0.15) is 13.2 Å². The van der Waals surface area contributed by atoms with Crippen LogP contribution in [0.5, 0.6) is 0 Å². The lowest BCUT2D eigenvalue weighted by atomic mass is 10.0. The van der Waals surface area contributed by atoms with Crippen LogP contribution >= 0.6 is 0 Å². The van der Waals surface area contributed by atoms with Crippen molar-refractivity contribution in [1.29, 1.82) is 0 Å². The molecular weight excluding hydrogens is 564 g/mol. The van der Waals surface area contributed by atoms with Crippen LogP contribution in [0, 0.1) is 0 Å². The molecule has 45 heavy (non-hydrogen) atoms. The smallest absolute Gasteiger partial charge is 0.305 e. The van der Waals surface area contributed by atoms with Gasteiger partial charge in [0.2, 0.25) is 0 Å². The Labute approximate surface area is 277 Å². The van der Waals surface area contributed by atoms with Gasteiger partial charge in [0.05, 0.1) is 0 Å². The Hall–Kier alpha value is -2.11. The van der Waals surface area contributed by atoms with Crippen molar-refractivity contribution in [3.05, 3.63) is 24.3 Å². The van der Waals surface area contributed by atoms with Crippen LogP contribution < -0.4 is 0 Å². The first kappa shape index (κ1) is 42.9. The molecule has 0 aliphatic heterocycles. The topological polar surface area (TPSA) is 78.9 Å². The van der Waals surface area contributed by atoms with E-state index in [1.54, 1.807) is 0 Å². The largest absolute Gasteiger partial charge is 0.462 e. The molecule has 262 valence electrons. The number of rotatable bonds is 33. The van der Waals surface area contributed by atoms with Crippen molar-refractivity contribution in [2.45, 2.75) is 194 Å². The zero-order valence-electron chi connectivity index (χ0n) is 29.6. The molecule has 0 heterocycles. The van der Waals surface area contributed by atoms with E-state index in [1.165, 1.54) is 103 Å². The van der Waals surface area contributed by atoms with E-state index in [9.17, 15) is 14.4 Å². The Balaban J connectivity index is 3.78. The van der Waals surface area contributed by atoms with Crippen molar-refractivity contribution >= 4 is 17.9 Å². The van der Waals surface area contributed by atoms with Crippen LogP contribution in [0.1, 0.15) is 188 Å². The maximum absolute atomic E-state index is 12.2. The summed E-state index contributed by atoms with van der Waals surface area (Å²) in [5.41, 5.74) is 0. The van der Waals surface area contributed by atoms with Crippen molar-refractivity contribution < 1.29 is 28.6 Å². The molecule has 0 N–H and O–H groups in total. The van der Waals surface area contributed by atoms with E-state index in [2.05, 4.69) is 38.2 Å². The third-order valence-electron chi connectivity index (χ3n) is 8.01. The maximum atomic E-state index is 12.2. The van der Waals surface area contributed by atoms with Gasteiger partial charge in [-0.05, 0) is 44.9 Å². The molecule has 0 aromatic rings. The number of unbranched alkanes of at least 4 members (excludes halogenated alkanes) is 20. The van der Waals surface area contributed by atoms with Gasteiger partial charge in [-0.2, -0.15) is 0 Å². The zero-order valence-corrected chi connectivity index (χ0v) is 29.6. The van der Waals surface area contributed by atoms with Crippen molar-refractivity contribution in [2.24, 2.45) is 0 Å². The van der Waals surface area contributed by atoms with Crippen LogP contribution in [-0.4, -0.2) is 37.2 Å². The Morgan fingerprint density at radius 1 is 0.489 bits per heavy atom. The molecule has 0 rings (SSSR count). The summed E-state index contributed by atoms with van der Waals surface area (Å²) in [6, 6.07) is 0. The number of hydrogen-bond donors (Lipinski definition) is 0. The first-order valence-corrected chi connectivity index (χ1v) is 18.8. The van der Waals surface area contributed by atoms with Gasteiger partial charge in [-0.15, -0.1) is 0 Å². The summed E-state index contributed by atoms with van der Waals surface area (Å²) < 4.78 is 15.8. The molecule has 0 aliphatic rings. The molecule has 0 aliphatic carbocycles. The Bertz CT molecular complexity index is 744. The van der Waals surface area contributed by atoms with Crippen LogP contribution in [0.25, 0.3) is 0 Å². The van der Waals surface area contributed by atoms with Gasteiger partial charge in [0.25, 0.3) is 0 Å². The number of ether oxygens (including phenoxy) is 3. The molecule has 0 saturated carbocycles. The van der Waals surface area contributed by atoms with Gasteiger partial charge in [-0.1, -0.05) is 147 Å². The van der Waals surface area contributed by atoms with Crippen molar-refractivity contribution in [3.8, 4) is 0 Å². The van der Waals surface area contributed by atoms with Gasteiger partial charge >= 0.3 is 17.9 Å². The minimum Gasteiger partial charge on any atom is -0.462 e. The van der Waals surface area contributed by atoms with E-state index in [0.717, 1.165) is 57.8 Å². The third kappa shape index (κ3) is 34.6. The van der Waals surface area contributed by atoms with Crippen LogP contribution in [0.2, 0.25) is 0 Å². The molecular formula is C39H70O6. The molecule has 0 fully saturated rings. The zero-order chi connectivity index (χ0) is 33.1. The van der Waals surface area contributed by atoms with Crippen LogP contribution in [-0.2, 0) is 28.6 Å². The highest BCUT2D eigenvalue weighted by molar-refractivity contribution is 5.70. The summed E-state index contributed by atoms with van der Waals surface area (Å²) in [5, 5.41) is 0. The van der Waals surface area contributed by atoms with E-state index in [0.29, 0.717) is 12.8 Å². The van der Waals surface area contributed by atoms with E-state index in [4.69, 9.17) is 14.2 Å².